The smallest absolute Gasteiger partial charge is 0.269 e. The summed E-state index contributed by atoms with van der Waals surface area (Å²) in [6.45, 7) is 2.22. The quantitative estimate of drug-likeness (QED) is 0.720. The van der Waals surface area contributed by atoms with Crippen molar-refractivity contribution >= 4 is 28.5 Å². The van der Waals surface area contributed by atoms with Crippen molar-refractivity contribution < 1.29 is 14.4 Å². The number of aromatic nitrogens is 2. The number of nitrogens with zero attached hydrogens (tertiary/aromatic N) is 3. The Labute approximate surface area is 188 Å². The summed E-state index contributed by atoms with van der Waals surface area (Å²) in [6, 6.07) is 7.16. The summed E-state index contributed by atoms with van der Waals surface area (Å²) in [5, 5.41) is 4.97. The Kier molecular flexibility index (Phi) is 5.51. The maximum absolute atomic E-state index is 13.4. The molecular weight excluding hydrogens is 404 g/mol. The monoisotopic (exact) mass is 436 g/mol. The summed E-state index contributed by atoms with van der Waals surface area (Å²) < 4.78 is 1.56. The summed E-state index contributed by atoms with van der Waals surface area (Å²) in [5.41, 5.74) is 6.37. The molecule has 1 saturated heterocycles. The van der Waals surface area contributed by atoms with Gasteiger partial charge >= 0.3 is 0 Å². The van der Waals surface area contributed by atoms with E-state index in [4.69, 9.17) is 5.73 Å². The molecule has 0 unspecified atom stereocenters. The van der Waals surface area contributed by atoms with Crippen LogP contribution in [-0.2, 0) is 16.1 Å². The molecule has 5 rings (SSSR count). The highest BCUT2D eigenvalue weighted by Crippen LogP contribution is 2.48. The first-order chi connectivity index (χ1) is 15.4. The number of benzene rings is 1. The molecule has 2 N–H and O–H groups in total. The number of para-hydroxylation sites is 1. The van der Waals surface area contributed by atoms with Gasteiger partial charge in [-0.15, -0.1) is 0 Å². The van der Waals surface area contributed by atoms with Crippen LogP contribution in [0.2, 0.25) is 0 Å². The maximum Gasteiger partial charge on any atom is 0.269 e. The van der Waals surface area contributed by atoms with E-state index in [1.54, 1.807) is 10.7 Å². The molecule has 2 saturated carbocycles. The van der Waals surface area contributed by atoms with E-state index in [1.807, 2.05) is 23.1 Å². The third-order valence-electron chi connectivity index (χ3n) is 7.92. The van der Waals surface area contributed by atoms with Gasteiger partial charge in [0.15, 0.2) is 11.5 Å². The van der Waals surface area contributed by atoms with Crippen LogP contribution in [0.1, 0.15) is 68.8 Å². The molecule has 1 aliphatic heterocycles. The van der Waals surface area contributed by atoms with E-state index in [-0.39, 0.29) is 36.0 Å². The van der Waals surface area contributed by atoms with Gasteiger partial charge in [0.1, 0.15) is 6.54 Å². The summed E-state index contributed by atoms with van der Waals surface area (Å²) in [7, 11) is 0. The number of primary amides is 1. The van der Waals surface area contributed by atoms with Gasteiger partial charge < -0.3 is 10.6 Å². The zero-order valence-corrected chi connectivity index (χ0v) is 18.7. The number of nitrogens with two attached hydrogens (primary N) is 1. The molecule has 4 atom stereocenters. The van der Waals surface area contributed by atoms with E-state index in [0.29, 0.717) is 35.1 Å². The van der Waals surface area contributed by atoms with E-state index in [2.05, 4.69) is 12.0 Å². The zero-order valence-electron chi connectivity index (χ0n) is 18.7. The highest BCUT2D eigenvalue weighted by molar-refractivity contribution is 6.04. The second kappa shape index (κ2) is 8.34. The van der Waals surface area contributed by atoms with Gasteiger partial charge in [0.2, 0.25) is 5.91 Å². The van der Waals surface area contributed by atoms with Crippen molar-refractivity contribution in [2.45, 2.75) is 76.9 Å². The molecule has 0 bridgehead atoms. The maximum atomic E-state index is 13.4. The minimum absolute atomic E-state index is 0.0129. The van der Waals surface area contributed by atoms with Crippen LogP contribution in [-0.4, -0.2) is 44.4 Å². The Hall–Kier alpha value is -2.70. The molecule has 0 radical (unpaired) electrons. The fourth-order valence-electron chi connectivity index (χ4n) is 6.07. The van der Waals surface area contributed by atoms with Crippen LogP contribution in [0.15, 0.2) is 24.3 Å². The SMILES string of the molecule is C[C@@H](CC(=O)[C@@H]1C[C@H]2C[C@H]2N1C(=O)Cn1nc(C(N)=O)c2ccccc21)C1CCCCC1. The van der Waals surface area contributed by atoms with Gasteiger partial charge in [0, 0.05) is 17.8 Å². The molecule has 1 aromatic carbocycles. The number of likely N-dealkylation sites (tertiary alicyclic amines) is 1. The van der Waals surface area contributed by atoms with Gasteiger partial charge in [-0.05, 0) is 36.7 Å². The molecule has 2 aliphatic carbocycles. The van der Waals surface area contributed by atoms with Crippen LogP contribution in [0.3, 0.4) is 0 Å². The number of carbonyl (C=O) groups is 3. The normalized spacial score (nSPS) is 26.2. The number of piperidine rings is 1. The fourth-order valence-corrected chi connectivity index (χ4v) is 6.07. The third-order valence-corrected chi connectivity index (χ3v) is 7.92. The van der Waals surface area contributed by atoms with Crippen molar-refractivity contribution in [3.05, 3.63) is 30.0 Å². The number of Topliss-reactive ketones (excluding diaryl/α,β-unsaturated/α-hetero) is 1. The van der Waals surface area contributed by atoms with Crippen molar-refractivity contribution in [1.82, 2.24) is 14.7 Å². The molecule has 7 heteroatoms. The Morgan fingerprint density at radius 1 is 1.12 bits per heavy atom. The van der Waals surface area contributed by atoms with Crippen LogP contribution < -0.4 is 5.73 Å². The van der Waals surface area contributed by atoms with Gasteiger partial charge in [-0.2, -0.15) is 5.10 Å². The van der Waals surface area contributed by atoms with Gasteiger partial charge in [-0.3, -0.25) is 19.1 Å². The average molecular weight is 437 g/mol. The summed E-state index contributed by atoms with van der Waals surface area (Å²) in [4.78, 5) is 40.3. The van der Waals surface area contributed by atoms with Gasteiger partial charge in [-0.25, -0.2) is 0 Å². The Bertz CT molecular complexity index is 1050. The molecule has 170 valence electrons. The first kappa shape index (κ1) is 21.2. The third kappa shape index (κ3) is 3.82. The van der Waals surface area contributed by atoms with Crippen LogP contribution in [0, 0.1) is 17.8 Å². The van der Waals surface area contributed by atoms with Crippen molar-refractivity contribution in [3.8, 4) is 0 Å². The van der Waals surface area contributed by atoms with Crippen molar-refractivity contribution in [3.63, 3.8) is 0 Å². The first-order valence-corrected chi connectivity index (χ1v) is 12.0. The second-order valence-electron chi connectivity index (χ2n) is 10.0. The van der Waals surface area contributed by atoms with Crippen molar-refractivity contribution in [2.75, 3.05) is 0 Å². The van der Waals surface area contributed by atoms with Crippen molar-refractivity contribution in [1.29, 1.82) is 0 Å². The van der Waals surface area contributed by atoms with Crippen LogP contribution >= 0.6 is 0 Å². The molecule has 7 nitrogen and oxygen atoms in total. The average Bonchev–Trinajstić information content (AvgIpc) is 3.29. The van der Waals surface area contributed by atoms with E-state index < -0.39 is 5.91 Å². The van der Waals surface area contributed by atoms with Crippen LogP contribution in [0.25, 0.3) is 10.9 Å². The van der Waals surface area contributed by atoms with Gasteiger partial charge in [-0.1, -0.05) is 57.2 Å². The highest BCUT2D eigenvalue weighted by atomic mass is 16.2. The summed E-state index contributed by atoms with van der Waals surface area (Å²) >= 11 is 0. The molecule has 32 heavy (non-hydrogen) atoms. The molecule has 0 spiro atoms. The minimum Gasteiger partial charge on any atom is -0.364 e. The number of hydrogen-bond acceptors (Lipinski definition) is 4. The zero-order chi connectivity index (χ0) is 22.4. The molecule has 3 aliphatic rings. The first-order valence-electron chi connectivity index (χ1n) is 12.0. The predicted octanol–water partition coefficient (Wildman–Crippen LogP) is 3.30. The van der Waals surface area contributed by atoms with E-state index in [9.17, 15) is 14.4 Å². The predicted molar refractivity (Wildman–Crippen MR) is 121 cm³/mol. The van der Waals surface area contributed by atoms with E-state index in [0.717, 1.165) is 12.8 Å². The minimum atomic E-state index is -0.611. The molecule has 3 fully saturated rings. The van der Waals surface area contributed by atoms with Crippen molar-refractivity contribution in [2.24, 2.45) is 23.5 Å². The fraction of sp³-hybridized carbons (Fsp3) is 0.600. The molecule has 2 amide bonds. The Morgan fingerprint density at radius 2 is 1.88 bits per heavy atom. The van der Waals surface area contributed by atoms with Gasteiger partial charge in [0.05, 0.1) is 11.6 Å². The van der Waals surface area contributed by atoms with E-state index in [1.165, 1.54) is 32.1 Å². The van der Waals surface area contributed by atoms with E-state index >= 15 is 0 Å². The second-order valence-corrected chi connectivity index (χ2v) is 10.0. The lowest BCUT2D eigenvalue weighted by molar-refractivity contribution is -0.140. The Morgan fingerprint density at radius 3 is 2.62 bits per heavy atom. The van der Waals surface area contributed by atoms with Crippen LogP contribution in [0.4, 0.5) is 0 Å². The Balaban J connectivity index is 1.31. The molecule has 1 aromatic heterocycles. The van der Waals surface area contributed by atoms with Gasteiger partial charge in [0.25, 0.3) is 5.91 Å². The van der Waals surface area contributed by atoms with Crippen LogP contribution in [0.5, 0.6) is 0 Å². The lowest BCUT2D eigenvalue weighted by Gasteiger charge is -2.31. The number of carbonyl (C=O) groups excluding carboxylic acids is 3. The summed E-state index contributed by atoms with van der Waals surface area (Å²) in [5.74, 6) is 0.976. The molecule has 2 aromatic rings. The topological polar surface area (TPSA) is 98.3 Å². The largest absolute Gasteiger partial charge is 0.364 e. The molecular formula is C25H32N4O3. The summed E-state index contributed by atoms with van der Waals surface area (Å²) in [6.07, 6.45) is 8.64. The lowest BCUT2D eigenvalue weighted by atomic mass is 9.78. The highest BCUT2D eigenvalue weighted by Gasteiger charge is 2.55. The molecule has 2 heterocycles. The number of rotatable bonds is 7. The standard InChI is InChI=1S/C25H32N4O3/c1-15(16-7-3-2-4-8-16)11-22(30)21-13-17-12-20(17)29(21)23(31)14-28-19-10-6-5-9-18(19)24(27-28)25(26)32/h5-6,9-10,15-17,20-21H,2-4,7-8,11-14H2,1H3,(H2,26,32)/t15-,17+,20+,21-/m0/s1. The number of ketones is 1. The lowest BCUT2D eigenvalue weighted by Crippen LogP contribution is -2.45. The number of amides is 2. The number of fused-ring (bicyclic) bond motifs is 2. The number of hydrogen-bond donors (Lipinski definition) is 1.